The normalized spacial score (nSPS) is 19.6. The maximum atomic E-state index is 5.81. The average molecular weight is 265 g/mol. The van der Waals surface area contributed by atoms with Crippen molar-refractivity contribution in [2.75, 3.05) is 7.11 Å². The summed E-state index contributed by atoms with van der Waals surface area (Å²) in [6.07, 6.45) is 7.84. The molecular weight excluding hydrogens is 238 g/mol. The molecule has 0 atom stereocenters. The summed E-state index contributed by atoms with van der Waals surface area (Å²) in [5.41, 5.74) is 1.07. The first-order valence-electron chi connectivity index (χ1n) is 7.30. The lowest BCUT2D eigenvalue weighted by atomic mass is 9.84. The molecule has 0 spiro atoms. The summed E-state index contributed by atoms with van der Waals surface area (Å²) in [4.78, 5) is 8.01. The van der Waals surface area contributed by atoms with Gasteiger partial charge in [0.2, 0.25) is 0 Å². The number of H-pyrrole nitrogens is 1. The van der Waals surface area contributed by atoms with Crippen LogP contribution in [0.1, 0.15) is 64.4 Å². The Bertz CT molecular complexity index is 400. The van der Waals surface area contributed by atoms with Gasteiger partial charge in [-0.15, -0.1) is 0 Å². The topological polar surface area (TPSA) is 49.9 Å². The van der Waals surface area contributed by atoms with Crippen molar-refractivity contribution < 1.29 is 4.74 Å². The molecule has 19 heavy (non-hydrogen) atoms. The number of methoxy groups -OCH3 is 1. The first-order valence-corrected chi connectivity index (χ1v) is 7.30. The van der Waals surface area contributed by atoms with Crippen LogP contribution in [0.4, 0.5) is 0 Å². The summed E-state index contributed by atoms with van der Waals surface area (Å²) in [6.45, 7) is 7.32. The molecule has 1 aliphatic rings. The smallest absolute Gasteiger partial charge is 0.138 e. The second-order valence-corrected chi connectivity index (χ2v) is 6.62. The molecule has 0 aromatic carbocycles. The largest absolute Gasteiger partial charge is 0.370 e. The molecule has 0 saturated heterocycles. The van der Waals surface area contributed by atoms with Crippen LogP contribution in [-0.4, -0.2) is 22.6 Å². The zero-order valence-electron chi connectivity index (χ0n) is 12.7. The predicted octanol–water partition coefficient (Wildman–Crippen LogP) is 3.10. The first kappa shape index (κ1) is 14.5. The quantitative estimate of drug-likeness (QED) is 0.879. The lowest BCUT2D eigenvalue weighted by molar-refractivity contribution is -0.0509. The first-order chi connectivity index (χ1) is 8.95. The van der Waals surface area contributed by atoms with Crippen molar-refractivity contribution in [1.29, 1.82) is 0 Å². The highest BCUT2D eigenvalue weighted by Gasteiger charge is 2.36. The molecule has 0 aliphatic heterocycles. The SMILES string of the molecule is COC1(c2ncc(CNC(C)(C)C)[nH]2)CCCCC1. The van der Waals surface area contributed by atoms with Gasteiger partial charge in [-0.3, -0.25) is 0 Å². The molecule has 0 radical (unpaired) electrons. The minimum atomic E-state index is -0.182. The fraction of sp³-hybridized carbons (Fsp3) is 0.800. The standard InChI is InChI=1S/C15H27N3O/c1-14(2,3)17-11-12-10-16-13(18-12)15(19-4)8-6-5-7-9-15/h10,17H,5-9,11H2,1-4H3,(H,16,18). The van der Waals surface area contributed by atoms with Gasteiger partial charge >= 0.3 is 0 Å². The van der Waals surface area contributed by atoms with Gasteiger partial charge < -0.3 is 15.0 Å². The minimum Gasteiger partial charge on any atom is -0.370 e. The number of hydrogen-bond donors (Lipinski definition) is 2. The lowest BCUT2D eigenvalue weighted by Gasteiger charge is -2.34. The molecule has 1 aromatic rings. The minimum absolute atomic E-state index is 0.120. The highest BCUT2D eigenvalue weighted by molar-refractivity contribution is 5.10. The Morgan fingerprint density at radius 1 is 1.32 bits per heavy atom. The summed E-state index contributed by atoms with van der Waals surface area (Å²) >= 11 is 0. The molecule has 1 saturated carbocycles. The van der Waals surface area contributed by atoms with E-state index in [-0.39, 0.29) is 11.1 Å². The van der Waals surface area contributed by atoms with Crippen molar-refractivity contribution >= 4 is 0 Å². The molecule has 1 aromatic heterocycles. The number of hydrogen-bond acceptors (Lipinski definition) is 3. The van der Waals surface area contributed by atoms with E-state index in [0.29, 0.717) is 0 Å². The summed E-state index contributed by atoms with van der Waals surface area (Å²) in [5, 5.41) is 3.47. The number of aromatic amines is 1. The predicted molar refractivity (Wildman–Crippen MR) is 77.0 cm³/mol. The van der Waals surface area contributed by atoms with Crippen LogP contribution >= 0.6 is 0 Å². The van der Waals surface area contributed by atoms with Crippen LogP contribution in [0.2, 0.25) is 0 Å². The van der Waals surface area contributed by atoms with Gasteiger partial charge in [-0.2, -0.15) is 0 Å². The summed E-state index contributed by atoms with van der Waals surface area (Å²) < 4.78 is 5.81. The van der Waals surface area contributed by atoms with Gasteiger partial charge in [-0.25, -0.2) is 4.98 Å². The monoisotopic (exact) mass is 265 g/mol. The maximum Gasteiger partial charge on any atom is 0.138 e. The van der Waals surface area contributed by atoms with Crippen molar-refractivity contribution in [2.24, 2.45) is 0 Å². The maximum absolute atomic E-state index is 5.81. The molecule has 4 nitrogen and oxygen atoms in total. The Balaban J connectivity index is 2.06. The molecule has 1 aliphatic carbocycles. The van der Waals surface area contributed by atoms with Crippen molar-refractivity contribution in [3.63, 3.8) is 0 Å². The van der Waals surface area contributed by atoms with Gasteiger partial charge in [-0.05, 0) is 33.6 Å². The highest BCUT2D eigenvalue weighted by atomic mass is 16.5. The summed E-state index contributed by atoms with van der Waals surface area (Å²) in [5.74, 6) is 1.00. The highest BCUT2D eigenvalue weighted by Crippen LogP contribution is 2.38. The number of imidazole rings is 1. The van der Waals surface area contributed by atoms with E-state index in [1.165, 1.54) is 19.3 Å². The molecule has 2 N–H and O–H groups in total. The fourth-order valence-corrected chi connectivity index (χ4v) is 2.70. The molecule has 0 amide bonds. The van der Waals surface area contributed by atoms with E-state index in [4.69, 9.17) is 4.74 Å². The van der Waals surface area contributed by atoms with Crippen LogP contribution in [-0.2, 0) is 16.9 Å². The lowest BCUT2D eigenvalue weighted by Crippen LogP contribution is -2.35. The van der Waals surface area contributed by atoms with Gasteiger partial charge in [0.25, 0.3) is 0 Å². The third kappa shape index (κ3) is 3.57. The number of ether oxygens (including phenoxy) is 1. The van der Waals surface area contributed by atoms with E-state index in [1.807, 2.05) is 6.20 Å². The van der Waals surface area contributed by atoms with E-state index in [0.717, 1.165) is 30.9 Å². The van der Waals surface area contributed by atoms with Crippen LogP contribution in [0, 0.1) is 0 Å². The van der Waals surface area contributed by atoms with Crippen LogP contribution in [0.5, 0.6) is 0 Å². The van der Waals surface area contributed by atoms with E-state index in [2.05, 4.69) is 36.1 Å². The van der Waals surface area contributed by atoms with E-state index >= 15 is 0 Å². The second kappa shape index (κ2) is 5.63. The molecule has 108 valence electrons. The Morgan fingerprint density at radius 3 is 2.58 bits per heavy atom. The van der Waals surface area contributed by atoms with Crippen LogP contribution < -0.4 is 5.32 Å². The second-order valence-electron chi connectivity index (χ2n) is 6.62. The molecular formula is C15H27N3O. The summed E-state index contributed by atoms with van der Waals surface area (Å²) in [6, 6.07) is 0. The Morgan fingerprint density at radius 2 is 2.00 bits per heavy atom. The Kier molecular flexibility index (Phi) is 4.31. The third-order valence-corrected chi connectivity index (χ3v) is 3.92. The van der Waals surface area contributed by atoms with Gasteiger partial charge in [0.05, 0.1) is 0 Å². The van der Waals surface area contributed by atoms with Crippen molar-refractivity contribution in [3.8, 4) is 0 Å². The Hall–Kier alpha value is -0.870. The molecule has 0 unspecified atom stereocenters. The van der Waals surface area contributed by atoms with Crippen LogP contribution in [0.25, 0.3) is 0 Å². The van der Waals surface area contributed by atoms with Gasteiger partial charge in [0.1, 0.15) is 11.4 Å². The average Bonchev–Trinajstić information content (AvgIpc) is 2.86. The van der Waals surface area contributed by atoms with Gasteiger partial charge in [-0.1, -0.05) is 19.3 Å². The molecule has 4 heteroatoms. The molecule has 1 fully saturated rings. The molecule has 0 bridgehead atoms. The summed E-state index contributed by atoms with van der Waals surface area (Å²) in [7, 11) is 1.81. The number of nitrogens with one attached hydrogen (secondary N) is 2. The third-order valence-electron chi connectivity index (χ3n) is 3.92. The van der Waals surface area contributed by atoms with Crippen molar-refractivity contribution in [2.45, 2.75) is 70.6 Å². The molecule has 2 rings (SSSR count). The van der Waals surface area contributed by atoms with Crippen LogP contribution in [0.15, 0.2) is 6.20 Å². The number of aromatic nitrogens is 2. The van der Waals surface area contributed by atoms with Crippen molar-refractivity contribution in [3.05, 3.63) is 17.7 Å². The molecule has 1 heterocycles. The van der Waals surface area contributed by atoms with E-state index < -0.39 is 0 Å². The van der Waals surface area contributed by atoms with E-state index in [9.17, 15) is 0 Å². The van der Waals surface area contributed by atoms with Gasteiger partial charge in [0.15, 0.2) is 0 Å². The number of nitrogens with zero attached hydrogens (tertiary/aromatic N) is 1. The Labute approximate surface area is 116 Å². The van der Waals surface area contributed by atoms with Gasteiger partial charge in [0, 0.05) is 31.1 Å². The van der Waals surface area contributed by atoms with Crippen molar-refractivity contribution in [1.82, 2.24) is 15.3 Å². The zero-order valence-corrected chi connectivity index (χ0v) is 12.7. The number of rotatable bonds is 4. The fourth-order valence-electron chi connectivity index (χ4n) is 2.70. The van der Waals surface area contributed by atoms with Crippen LogP contribution in [0.3, 0.4) is 0 Å². The zero-order chi connectivity index (χ0) is 13.9. The van der Waals surface area contributed by atoms with E-state index in [1.54, 1.807) is 7.11 Å².